The van der Waals surface area contributed by atoms with Gasteiger partial charge in [0.05, 0.1) is 11.8 Å². The predicted molar refractivity (Wildman–Crippen MR) is 145 cm³/mol. The molecular weight excluding hydrogens is 484 g/mol. The van der Waals surface area contributed by atoms with Gasteiger partial charge >= 0.3 is 0 Å². The van der Waals surface area contributed by atoms with E-state index >= 15 is 0 Å². The minimum absolute atomic E-state index is 0.0141. The lowest BCUT2D eigenvalue weighted by molar-refractivity contribution is 0.306. The molecule has 1 unspecified atom stereocenters. The van der Waals surface area contributed by atoms with Gasteiger partial charge < -0.3 is 10.5 Å². The van der Waals surface area contributed by atoms with Crippen LogP contribution in [-0.2, 0) is 27.6 Å². The van der Waals surface area contributed by atoms with Crippen molar-refractivity contribution in [3.8, 4) is 11.4 Å². The maximum atomic E-state index is 13.5. The van der Waals surface area contributed by atoms with Crippen LogP contribution < -0.4 is 10.5 Å². The van der Waals surface area contributed by atoms with Gasteiger partial charge in [0.1, 0.15) is 12.4 Å². The molecule has 0 bridgehead atoms. The van der Waals surface area contributed by atoms with Gasteiger partial charge in [-0.15, -0.1) is 10.2 Å². The molecule has 0 spiro atoms. The molecule has 8 heteroatoms. The summed E-state index contributed by atoms with van der Waals surface area (Å²) >= 11 is 0. The molecule has 0 saturated heterocycles. The molecule has 194 valence electrons. The number of aromatic nitrogens is 3. The summed E-state index contributed by atoms with van der Waals surface area (Å²) in [4.78, 5) is 0. The van der Waals surface area contributed by atoms with Crippen LogP contribution in [0.1, 0.15) is 62.7 Å². The van der Waals surface area contributed by atoms with Crippen molar-refractivity contribution in [2.24, 2.45) is 5.73 Å². The minimum Gasteiger partial charge on any atom is -0.489 e. The zero-order chi connectivity index (χ0) is 26.6. The number of sulfone groups is 1. The zero-order valence-corrected chi connectivity index (χ0v) is 22.6. The largest absolute Gasteiger partial charge is 0.489 e. The van der Waals surface area contributed by atoms with E-state index in [-0.39, 0.29) is 16.3 Å². The smallest absolute Gasteiger partial charge is 0.254 e. The van der Waals surface area contributed by atoms with Gasteiger partial charge in [0.15, 0.2) is 5.82 Å². The van der Waals surface area contributed by atoms with E-state index in [9.17, 15) is 8.42 Å². The highest BCUT2D eigenvalue weighted by atomic mass is 32.2. The molecule has 4 rings (SSSR count). The molecule has 0 amide bonds. The summed E-state index contributed by atoms with van der Waals surface area (Å²) in [5, 5.41) is 8.17. The zero-order valence-electron chi connectivity index (χ0n) is 21.8. The van der Waals surface area contributed by atoms with Crippen molar-refractivity contribution in [1.82, 2.24) is 14.8 Å². The second-order valence-electron chi connectivity index (χ2n) is 10.2. The second kappa shape index (κ2) is 10.9. The Kier molecular flexibility index (Phi) is 7.80. The Morgan fingerprint density at radius 3 is 2.14 bits per heavy atom. The van der Waals surface area contributed by atoms with Crippen LogP contribution in [-0.4, -0.2) is 23.2 Å². The van der Waals surface area contributed by atoms with Crippen molar-refractivity contribution in [2.75, 3.05) is 0 Å². The van der Waals surface area contributed by atoms with Crippen LogP contribution >= 0.6 is 0 Å². The predicted octanol–water partition coefficient (Wildman–Crippen LogP) is 5.53. The van der Waals surface area contributed by atoms with Crippen LogP contribution in [0.3, 0.4) is 0 Å². The summed E-state index contributed by atoms with van der Waals surface area (Å²) in [5.74, 6) is 0.891. The van der Waals surface area contributed by atoms with Crippen LogP contribution in [0.4, 0.5) is 0 Å². The van der Waals surface area contributed by atoms with E-state index in [4.69, 9.17) is 10.5 Å². The van der Waals surface area contributed by atoms with Crippen molar-refractivity contribution in [1.29, 1.82) is 0 Å². The molecule has 2 N–H and O–H groups in total. The topological polar surface area (TPSA) is 100 Å². The fourth-order valence-corrected chi connectivity index (χ4v) is 5.37. The quantitative estimate of drug-likeness (QED) is 0.313. The SMILES string of the molecule is CCC(N)c1nnc(S(=O)(=O)Cc2ccc(C(C)(C)C)cc2)n1-c1ccc(OCc2ccccc2)cc1. The number of rotatable bonds is 9. The van der Waals surface area contributed by atoms with Gasteiger partial charge in [-0.05, 0) is 52.8 Å². The molecule has 1 aromatic heterocycles. The van der Waals surface area contributed by atoms with Gasteiger partial charge in [0, 0.05) is 5.69 Å². The van der Waals surface area contributed by atoms with Crippen LogP contribution in [0.15, 0.2) is 84.0 Å². The van der Waals surface area contributed by atoms with Crippen molar-refractivity contribution >= 4 is 9.84 Å². The minimum atomic E-state index is -3.82. The Bertz CT molecular complexity index is 1420. The van der Waals surface area contributed by atoms with Gasteiger partial charge in [-0.2, -0.15) is 0 Å². The second-order valence-corrected chi connectivity index (χ2v) is 12.0. The summed E-state index contributed by atoms with van der Waals surface area (Å²) in [6.07, 6.45) is 0.588. The Labute approximate surface area is 219 Å². The average molecular weight is 519 g/mol. The van der Waals surface area contributed by atoms with Crippen LogP contribution in [0, 0.1) is 0 Å². The fourth-order valence-electron chi connectivity index (χ4n) is 3.97. The standard InChI is InChI=1S/C29H34N4O3S/c1-5-26(30)27-31-32-28(37(34,35)20-22-11-13-23(14-12-22)29(2,3)4)33(27)24-15-17-25(18-16-24)36-19-21-9-7-6-8-10-21/h6-18,26H,5,19-20,30H2,1-4H3. The van der Waals surface area contributed by atoms with Gasteiger partial charge in [-0.1, -0.05) is 82.3 Å². The summed E-state index contributed by atoms with van der Waals surface area (Å²) in [6.45, 7) is 8.73. The summed E-state index contributed by atoms with van der Waals surface area (Å²) in [7, 11) is -3.82. The molecule has 1 heterocycles. The van der Waals surface area contributed by atoms with E-state index in [2.05, 4.69) is 31.0 Å². The van der Waals surface area contributed by atoms with E-state index in [1.807, 2.05) is 61.5 Å². The Hall–Kier alpha value is -3.49. The number of hydrogen-bond donors (Lipinski definition) is 1. The van der Waals surface area contributed by atoms with E-state index in [1.165, 1.54) is 0 Å². The molecule has 0 radical (unpaired) electrons. The number of ether oxygens (including phenoxy) is 1. The molecule has 4 aromatic rings. The monoisotopic (exact) mass is 518 g/mol. The van der Waals surface area contributed by atoms with Crippen LogP contribution in [0.5, 0.6) is 5.75 Å². The van der Waals surface area contributed by atoms with Gasteiger partial charge in [0.25, 0.3) is 5.16 Å². The van der Waals surface area contributed by atoms with Crippen LogP contribution in [0.2, 0.25) is 0 Å². The summed E-state index contributed by atoms with van der Waals surface area (Å²) in [5.41, 5.74) is 9.78. The molecule has 3 aromatic carbocycles. The van der Waals surface area contributed by atoms with Crippen molar-refractivity contribution in [2.45, 2.75) is 63.1 Å². The maximum absolute atomic E-state index is 13.5. The maximum Gasteiger partial charge on any atom is 0.254 e. The third-order valence-electron chi connectivity index (χ3n) is 6.23. The van der Waals surface area contributed by atoms with E-state index < -0.39 is 15.9 Å². The first-order valence-corrected chi connectivity index (χ1v) is 14.0. The fraction of sp³-hybridized carbons (Fsp3) is 0.310. The Morgan fingerprint density at radius 1 is 0.892 bits per heavy atom. The first-order chi connectivity index (χ1) is 17.6. The van der Waals surface area contributed by atoms with Gasteiger partial charge in [-0.25, -0.2) is 8.42 Å². The van der Waals surface area contributed by atoms with Crippen molar-refractivity contribution < 1.29 is 13.2 Å². The highest BCUT2D eigenvalue weighted by molar-refractivity contribution is 7.90. The highest BCUT2D eigenvalue weighted by Gasteiger charge is 2.28. The third-order valence-corrected chi connectivity index (χ3v) is 7.76. The number of nitrogens with two attached hydrogens (primary N) is 1. The lowest BCUT2D eigenvalue weighted by Crippen LogP contribution is -2.18. The molecule has 7 nitrogen and oxygen atoms in total. The lowest BCUT2D eigenvalue weighted by atomic mass is 9.87. The number of nitrogens with zero attached hydrogens (tertiary/aromatic N) is 3. The van der Waals surface area contributed by atoms with Crippen LogP contribution in [0.25, 0.3) is 5.69 Å². The molecule has 1 atom stereocenters. The molecule has 0 saturated carbocycles. The number of hydrogen-bond acceptors (Lipinski definition) is 6. The van der Waals surface area contributed by atoms with Crippen molar-refractivity contribution in [3.05, 3.63) is 101 Å². The molecular formula is C29H34N4O3S. The Morgan fingerprint density at radius 2 is 1.54 bits per heavy atom. The molecule has 0 aliphatic carbocycles. The van der Waals surface area contributed by atoms with Crippen molar-refractivity contribution in [3.63, 3.8) is 0 Å². The van der Waals surface area contributed by atoms with E-state index in [1.54, 1.807) is 28.8 Å². The Balaban J connectivity index is 1.63. The lowest BCUT2D eigenvalue weighted by Gasteiger charge is -2.19. The average Bonchev–Trinajstić information content (AvgIpc) is 3.34. The van der Waals surface area contributed by atoms with E-state index in [0.717, 1.165) is 11.1 Å². The van der Waals surface area contributed by atoms with E-state index in [0.29, 0.717) is 35.9 Å². The first-order valence-electron chi connectivity index (χ1n) is 12.4. The van der Waals surface area contributed by atoms with Gasteiger partial charge in [-0.3, -0.25) is 4.57 Å². The summed E-state index contributed by atoms with van der Waals surface area (Å²) in [6, 6.07) is 24.3. The van der Waals surface area contributed by atoms with Gasteiger partial charge in [0.2, 0.25) is 9.84 Å². The number of benzene rings is 3. The third kappa shape index (κ3) is 6.26. The molecule has 37 heavy (non-hydrogen) atoms. The first kappa shape index (κ1) is 26.6. The summed E-state index contributed by atoms with van der Waals surface area (Å²) < 4.78 is 34.5. The molecule has 0 fully saturated rings. The highest BCUT2D eigenvalue weighted by Crippen LogP contribution is 2.27. The molecule has 0 aliphatic heterocycles. The molecule has 0 aliphatic rings. The normalized spacial score (nSPS) is 12.9.